The number of rotatable bonds is 5. The van der Waals surface area contributed by atoms with E-state index in [9.17, 15) is 14.7 Å². The summed E-state index contributed by atoms with van der Waals surface area (Å²) in [6.45, 7) is 1.35. The van der Waals surface area contributed by atoms with Crippen LogP contribution in [0.5, 0.6) is 11.5 Å². The number of carboxylic acids is 1. The molecule has 1 amide bonds. The van der Waals surface area contributed by atoms with Gasteiger partial charge in [0.15, 0.2) is 11.5 Å². The number of carbonyl (C=O) groups excluding carboxylic acids is 1. The van der Waals surface area contributed by atoms with Gasteiger partial charge in [0.05, 0.1) is 6.54 Å². The minimum Gasteiger partial charge on any atom is -0.480 e. The Morgan fingerprint density at radius 2 is 2.09 bits per heavy atom. The van der Waals surface area contributed by atoms with Crippen LogP contribution in [0.15, 0.2) is 18.2 Å². The first-order valence-electron chi connectivity index (χ1n) is 7.75. The minimum absolute atomic E-state index is 0.113. The van der Waals surface area contributed by atoms with Crippen LogP contribution in [-0.2, 0) is 16.1 Å². The third kappa shape index (κ3) is 3.73. The highest BCUT2D eigenvalue weighted by molar-refractivity contribution is 5.80. The Kier molecular flexibility index (Phi) is 4.66. The van der Waals surface area contributed by atoms with Crippen molar-refractivity contribution in [1.29, 1.82) is 0 Å². The van der Waals surface area contributed by atoms with Gasteiger partial charge in [0.2, 0.25) is 12.7 Å². The highest BCUT2D eigenvalue weighted by Crippen LogP contribution is 2.32. The Balaban J connectivity index is 1.52. The number of hydrogen-bond donors (Lipinski definition) is 2. The fourth-order valence-electron chi connectivity index (χ4n) is 2.95. The van der Waals surface area contributed by atoms with Crippen LogP contribution in [0.4, 0.5) is 0 Å². The van der Waals surface area contributed by atoms with E-state index in [-0.39, 0.29) is 19.2 Å². The predicted molar refractivity (Wildman–Crippen MR) is 81.3 cm³/mol. The first-order valence-corrected chi connectivity index (χ1v) is 7.75. The van der Waals surface area contributed by atoms with Crippen LogP contribution in [0.2, 0.25) is 0 Å². The van der Waals surface area contributed by atoms with E-state index in [1.54, 1.807) is 4.90 Å². The molecular weight excluding hydrogens is 300 g/mol. The van der Waals surface area contributed by atoms with Crippen molar-refractivity contribution in [2.45, 2.75) is 31.8 Å². The molecule has 2 aliphatic rings. The van der Waals surface area contributed by atoms with Crippen LogP contribution >= 0.6 is 0 Å². The third-order valence-electron chi connectivity index (χ3n) is 4.17. The van der Waals surface area contributed by atoms with Gasteiger partial charge < -0.3 is 19.9 Å². The molecule has 1 aromatic carbocycles. The van der Waals surface area contributed by atoms with Gasteiger partial charge in [-0.2, -0.15) is 0 Å². The van der Waals surface area contributed by atoms with Crippen LogP contribution in [-0.4, -0.2) is 47.8 Å². The van der Waals surface area contributed by atoms with Crippen molar-refractivity contribution in [3.63, 3.8) is 0 Å². The maximum Gasteiger partial charge on any atom is 0.320 e. The molecule has 0 radical (unpaired) electrons. The van der Waals surface area contributed by atoms with Gasteiger partial charge in [0.1, 0.15) is 6.04 Å². The summed E-state index contributed by atoms with van der Waals surface area (Å²) in [5, 5.41) is 12.0. The maximum absolute atomic E-state index is 12.1. The number of benzene rings is 1. The quantitative estimate of drug-likeness (QED) is 0.840. The van der Waals surface area contributed by atoms with Crippen molar-refractivity contribution < 1.29 is 24.2 Å². The van der Waals surface area contributed by atoms with Crippen molar-refractivity contribution in [3.8, 4) is 11.5 Å². The molecule has 0 bridgehead atoms. The van der Waals surface area contributed by atoms with Crippen LogP contribution < -0.4 is 14.8 Å². The normalized spacial score (nSPS) is 20.3. The molecule has 0 spiro atoms. The van der Waals surface area contributed by atoms with E-state index in [0.717, 1.165) is 18.4 Å². The summed E-state index contributed by atoms with van der Waals surface area (Å²) in [7, 11) is 0. The number of aliphatic carboxylic acids is 1. The summed E-state index contributed by atoms with van der Waals surface area (Å²) >= 11 is 0. The Labute approximate surface area is 134 Å². The molecule has 1 unspecified atom stereocenters. The molecule has 2 heterocycles. The van der Waals surface area contributed by atoms with Gasteiger partial charge in [0.25, 0.3) is 0 Å². The standard InChI is InChI=1S/C16H20N2O5/c19-15(9-18-6-2-1-3-12(18)16(20)21)17-8-11-4-5-13-14(7-11)23-10-22-13/h4-5,7,12H,1-3,6,8-10H2,(H,17,19)(H,20,21). The number of fused-ring (bicyclic) bond motifs is 1. The molecule has 0 saturated carbocycles. The number of likely N-dealkylation sites (tertiary alicyclic amines) is 1. The average Bonchev–Trinajstić information content (AvgIpc) is 3.01. The predicted octanol–water partition coefficient (Wildman–Crippen LogP) is 0.971. The zero-order chi connectivity index (χ0) is 16.2. The molecule has 7 nitrogen and oxygen atoms in total. The lowest BCUT2D eigenvalue weighted by Gasteiger charge is -2.32. The zero-order valence-electron chi connectivity index (χ0n) is 12.8. The highest BCUT2D eigenvalue weighted by Gasteiger charge is 2.29. The molecule has 7 heteroatoms. The second kappa shape index (κ2) is 6.87. The van der Waals surface area contributed by atoms with Crippen LogP contribution in [0.25, 0.3) is 0 Å². The number of nitrogens with one attached hydrogen (secondary N) is 1. The molecule has 2 N–H and O–H groups in total. The summed E-state index contributed by atoms with van der Waals surface area (Å²) in [5.41, 5.74) is 0.913. The van der Waals surface area contributed by atoms with Crippen molar-refractivity contribution in [2.75, 3.05) is 19.9 Å². The fraction of sp³-hybridized carbons (Fsp3) is 0.500. The van der Waals surface area contributed by atoms with Gasteiger partial charge in [-0.15, -0.1) is 0 Å². The number of ether oxygens (including phenoxy) is 2. The number of carboxylic acid groups (broad SMARTS) is 1. The third-order valence-corrected chi connectivity index (χ3v) is 4.17. The van der Waals surface area contributed by atoms with Gasteiger partial charge in [-0.3, -0.25) is 14.5 Å². The zero-order valence-corrected chi connectivity index (χ0v) is 12.8. The first-order chi connectivity index (χ1) is 11.1. The van der Waals surface area contributed by atoms with E-state index >= 15 is 0 Å². The summed E-state index contributed by atoms with van der Waals surface area (Å²) in [4.78, 5) is 25.1. The van der Waals surface area contributed by atoms with E-state index < -0.39 is 12.0 Å². The van der Waals surface area contributed by atoms with Crippen molar-refractivity contribution >= 4 is 11.9 Å². The molecule has 1 aromatic rings. The van der Waals surface area contributed by atoms with Crippen LogP contribution in [0, 0.1) is 0 Å². The molecule has 2 aliphatic heterocycles. The Bertz CT molecular complexity index is 604. The molecule has 0 aromatic heterocycles. The number of amides is 1. The fourth-order valence-corrected chi connectivity index (χ4v) is 2.95. The van der Waals surface area contributed by atoms with Crippen LogP contribution in [0.1, 0.15) is 24.8 Å². The molecule has 1 atom stereocenters. The van der Waals surface area contributed by atoms with Crippen molar-refractivity contribution in [3.05, 3.63) is 23.8 Å². The first kappa shape index (κ1) is 15.6. The monoisotopic (exact) mass is 320 g/mol. The highest BCUT2D eigenvalue weighted by atomic mass is 16.7. The average molecular weight is 320 g/mol. The van der Waals surface area contributed by atoms with Gasteiger partial charge >= 0.3 is 5.97 Å². The van der Waals surface area contributed by atoms with E-state index in [2.05, 4.69) is 5.32 Å². The van der Waals surface area contributed by atoms with E-state index in [1.165, 1.54) is 0 Å². The molecule has 0 aliphatic carbocycles. The summed E-state index contributed by atoms with van der Waals surface area (Å²) in [6.07, 6.45) is 2.43. The molecule has 1 saturated heterocycles. The number of carbonyl (C=O) groups is 2. The molecule has 124 valence electrons. The van der Waals surface area contributed by atoms with Crippen molar-refractivity contribution in [1.82, 2.24) is 10.2 Å². The minimum atomic E-state index is -0.853. The Hall–Kier alpha value is -2.28. The van der Waals surface area contributed by atoms with Crippen molar-refractivity contribution in [2.24, 2.45) is 0 Å². The van der Waals surface area contributed by atoms with Gasteiger partial charge in [-0.05, 0) is 37.1 Å². The van der Waals surface area contributed by atoms with E-state index in [4.69, 9.17) is 9.47 Å². The molecule has 23 heavy (non-hydrogen) atoms. The Morgan fingerprint density at radius 3 is 2.91 bits per heavy atom. The molecular formula is C16H20N2O5. The van der Waals surface area contributed by atoms with Gasteiger partial charge in [-0.25, -0.2) is 0 Å². The largest absolute Gasteiger partial charge is 0.480 e. The number of piperidine rings is 1. The summed E-state index contributed by atoms with van der Waals surface area (Å²) in [6, 6.07) is 4.97. The van der Waals surface area contributed by atoms with E-state index in [0.29, 0.717) is 31.0 Å². The van der Waals surface area contributed by atoms with Gasteiger partial charge in [0, 0.05) is 6.54 Å². The SMILES string of the molecule is O=C(CN1CCCCC1C(=O)O)NCc1ccc2c(c1)OCO2. The smallest absolute Gasteiger partial charge is 0.320 e. The topological polar surface area (TPSA) is 88.1 Å². The van der Waals surface area contributed by atoms with Crippen LogP contribution in [0.3, 0.4) is 0 Å². The number of nitrogens with zero attached hydrogens (tertiary/aromatic N) is 1. The summed E-state index contributed by atoms with van der Waals surface area (Å²) in [5.74, 6) is 0.362. The second-order valence-electron chi connectivity index (χ2n) is 5.78. The van der Waals surface area contributed by atoms with E-state index in [1.807, 2.05) is 18.2 Å². The molecule has 1 fully saturated rings. The van der Waals surface area contributed by atoms with Gasteiger partial charge in [-0.1, -0.05) is 12.5 Å². The molecule has 3 rings (SSSR count). The second-order valence-corrected chi connectivity index (χ2v) is 5.78. The number of hydrogen-bond acceptors (Lipinski definition) is 5. The lowest BCUT2D eigenvalue weighted by molar-refractivity contribution is -0.145. The Morgan fingerprint density at radius 1 is 1.26 bits per heavy atom. The lowest BCUT2D eigenvalue weighted by atomic mass is 10.0. The maximum atomic E-state index is 12.1. The summed E-state index contributed by atoms with van der Waals surface area (Å²) < 4.78 is 10.5. The lowest BCUT2D eigenvalue weighted by Crippen LogP contribution is -2.48.